The average molecular weight is 309 g/mol. The largest absolute Gasteiger partial charge is 0.493 e. The van der Waals surface area contributed by atoms with Gasteiger partial charge in [0.2, 0.25) is 5.88 Å². The minimum absolute atomic E-state index is 0.196. The molecule has 1 aromatic heterocycles. The van der Waals surface area contributed by atoms with Gasteiger partial charge < -0.3 is 10.1 Å². The average Bonchev–Trinajstić information content (AvgIpc) is 2.28. The number of nitrogens with zero attached hydrogens (tertiary/aromatic N) is 1. The van der Waals surface area contributed by atoms with Crippen LogP contribution in [0.5, 0.6) is 5.88 Å². The number of aromatic hydroxyl groups is 1. The summed E-state index contributed by atoms with van der Waals surface area (Å²) < 4.78 is 0.959. The molecule has 0 amide bonds. The molecule has 0 radical (unpaired) electrons. The van der Waals surface area contributed by atoms with Gasteiger partial charge in [0.15, 0.2) is 0 Å². The topological polar surface area (TPSA) is 66.0 Å². The first-order valence-electron chi connectivity index (χ1n) is 5.61. The Balaban J connectivity index is 2.62. The number of benzene rings is 1. The lowest BCUT2D eigenvalue weighted by Gasteiger charge is -2.07. The van der Waals surface area contributed by atoms with E-state index in [1.807, 2.05) is 25.1 Å². The first-order valence-corrected chi connectivity index (χ1v) is 6.41. The molecule has 0 atom stereocenters. The highest BCUT2D eigenvalue weighted by molar-refractivity contribution is 9.10. The summed E-state index contributed by atoms with van der Waals surface area (Å²) in [6.07, 6.45) is 0.452. The van der Waals surface area contributed by atoms with Crippen LogP contribution in [0.25, 0.3) is 11.4 Å². The van der Waals surface area contributed by atoms with Gasteiger partial charge in [0.1, 0.15) is 5.82 Å². The van der Waals surface area contributed by atoms with Crippen molar-refractivity contribution in [2.75, 3.05) is 0 Å². The molecule has 2 rings (SSSR count). The van der Waals surface area contributed by atoms with E-state index in [2.05, 4.69) is 25.9 Å². The van der Waals surface area contributed by atoms with Crippen LogP contribution in [0.15, 0.2) is 27.5 Å². The fraction of sp³-hybridized carbons (Fsp3) is 0.231. The number of halogens is 1. The van der Waals surface area contributed by atoms with Crippen molar-refractivity contribution in [1.29, 1.82) is 0 Å². The van der Waals surface area contributed by atoms with Gasteiger partial charge in [-0.1, -0.05) is 22.9 Å². The lowest BCUT2D eigenvalue weighted by atomic mass is 10.1. The van der Waals surface area contributed by atoms with Gasteiger partial charge in [0.05, 0.1) is 5.56 Å². The maximum absolute atomic E-state index is 11.8. The third-order valence-corrected chi connectivity index (χ3v) is 3.28. The van der Waals surface area contributed by atoms with Gasteiger partial charge in [-0.2, -0.15) is 4.98 Å². The third-order valence-electron chi connectivity index (χ3n) is 2.79. The second-order valence-corrected chi connectivity index (χ2v) is 4.95. The summed E-state index contributed by atoms with van der Waals surface area (Å²) in [7, 11) is 0. The molecule has 0 spiro atoms. The van der Waals surface area contributed by atoms with Crippen LogP contribution in [-0.2, 0) is 6.42 Å². The van der Waals surface area contributed by atoms with E-state index in [1.165, 1.54) is 0 Å². The van der Waals surface area contributed by atoms with Crippen molar-refractivity contribution in [3.05, 3.63) is 44.2 Å². The molecule has 94 valence electrons. The molecular formula is C13H13BrN2O2. The highest BCUT2D eigenvalue weighted by atomic mass is 79.9. The Hall–Kier alpha value is -1.62. The van der Waals surface area contributed by atoms with Crippen LogP contribution in [0.2, 0.25) is 0 Å². The molecule has 1 heterocycles. The number of nitrogens with one attached hydrogen (secondary N) is 1. The Morgan fingerprint density at radius 3 is 2.72 bits per heavy atom. The number of hydrogen-bond acceptors (Lipinski definition) is 3. The predicted molar refractivity (Wildman–Crippen MR) is 73.8 cm³/mol. The fourth-order valence-electron chi connectivity index (χ4n) is 1.82. The van der Waals surface area contributed by atoms with Crippen LogP contribution in [0.1, 0.15) is 18.1 Å². The van der Waals surface area contributed by atoms with Crippen LogP contribution >= 0.6 is 15.9 Å². The molecule has 18 heavy (non-hydrogen) atoms. The van der Waals surface area contributed by atoms with Crippen molar-refractivity contribution in [2.24, 2.45) is 0 Å². The summed E-state index contributed by atoms with van der Waals surface area (Å²) in [5.41, 5.74) is 1.79. The lowest BCUT2D eigenvalue weighted by molar-refractivity contribution is 0.444. The first-order chi connectivity index (χ1) is 8.52. The molecule has 2 aromatic rings. The molecule has 2 N–H and O–H groups in total. The van der Waals surface area contributed by atoms with Crippen molar-refractivity contribution in [3.8, 4) is 17.3 Å². The Bertz CT molecular complexity index is 650. The number of H-pyrrole nitrogens is 1. The predicted octanol–water partition coefficient (Wildman–Crippen LogP) is 2.78. The molecule has 1 aromatic carbocycles. The zero-order valence-corrected chi connectivity index (χ0v) is 11.7. The summed E-state index contributed by atoms with van der Waals surface area (Å²) in [6, 6.07) is 5.65. The first kappa shape index (κ1) is 12.8. The zero-order chi connectivity index (χ0) is 13.3. The van der Waals surface area contributed by atoms with E-state index in [-0.39, 0.29) is 11.4 Å². The maximum Gasteiger partial charge on any atom is 0.258 e. The Morgan fingerprint density at radius 2 is 2.17 bits per heavy atom. The SMILES string of the molecule is CCc1c(O)nc(-c2ccc(Br)cc2C)[nH]c1=O. The number of aromatic nitrogens is 2. The minimum Gasteiger partial charge on any atom is -0.493 e. The van der Waals surface area contributed by atoms with Crippen LogP contribution in [-0.4, -0.2) is 15.1 Å². The second kappa shape index (κ2) is 4.94. The Morgan fingerprint density at radius 1 is 1.44 bits per heavy atom. The third kappa shape index (κ3) is 2.31. The zero-order valence-electron chi connectivity index (χ0n) is 10.1. The number of aromatic amines is 1. The number of hydrogen-bond donors (Lipinski definition) is 2. The highest BCUT2D eigenvalue weighted by Gasteiger charge is 2.11. The molecule has 0 bridgehead atoms. The number of rotatable bonds is 2. The van der Waals surface area contributed by atoms with Crippen molar-refractivity contribution in [3.63, 3.8) is 0 Å². The van der Waals surface area contributed by atoms with Crippen molar-refractivity contribution >= 4 is 15.9 Å². The normalized spacial score (nSPS) is 10.6. The van der Waals surface area contributed by atoms with Crippen molar-refractivity contribution in [2.45, 2.75) is 20.3 Å². The molecule has 0 aliphatic carbocycles. The molecular weight excluding hydrogens is 296 g/mol. The number of aryl methyl sites for hydroxylation is 1. The van der Waals surface area contributed by atoms with E-state index < -0.39 is 0 Å². The standard InChI is InChI=1S/C13H13BrN2O2/c1-3-9-12(17)15-11(16-13(9)18)10-5-4-8(14)6-7(10)2/h4-6H,3H2,1-2H3,(H2,15,16,17,18). The van der Waals surface area contributed by atoms with E-state index in [4.69, 9.17) is 0 Å². The Labute approximate surface area is 113 Å². The summed E-state index contributed by atoms with van der Waals surface area (Å²) >= 11 is 3.38. The van der Waals surface area contributed by atoms with Crippen LogP contribution in [0, 0.1) is 6.92 Å². The fourth-order valence-corrected chi connectivity index (χ4v) is 2.30. The van der Waals surface area contributed by atoms with Gasteiger partial charge in [0, 0.05) is 10.0 Å². The Kier molecular flexibility index (Phi) is 3.52. The van der Waals surface area contributed by atoms with Crippen LogP contribution in [0.4, 0.5) is 0 Å². The maximum atomic E-state index is 11.8. The van der Waals surface area contributed by atoms with Crippen LogP contribution < -0.4 is 5.56 Å². The van der Waals surface area contributed by atoms with Crippen molar-refractivity contribution < 1.29 is 5.11 Å². The van der Waals surface area contributed by atoms with Gasteiger partial charge in [0.25, 0.3) is 5.56 Å². The summed E-state index contributed by atoms with van der Waals surface area (Å²) in [5, 5.41) is 9.74. The molecule has 0 aliphatic heterocycles. The second-order valence-electron chi connectivity index (χ2n) is 4.03. The molecule has 0 unspecified atom stereocenters. The van der Waals surface area contributed by atoms with Crippen LogP contribution in [0.3, 0.4) is 0 Å². The summed E-state index contributed by atoms with van der Waals surface area (Å²) in [4.78, 5) is 18.5. The molecule has 0 saturated heterocycles. The van der Waals surface area contributed by atoms with Gasteiger partial charge in [-0.15, -0.1) is 0 Å². The summed E-state index contributed by atoms with van der Waals surface area (Å²) in [5.74, 6) is 0.193. The molecule has 5 heteroatoms. The van der Waals surface area contributed by atoms with E-state index in [0.29, 0.717) is 17.8 Å². The van der Waals surface area contributed by atoms with Gasteiger partial charge in [-0.3, -0.25) is 4.79 Å². The van der Waals surface area contributed by atoms with Gasteiger partial charge >= 0.3 is 0 Å². The molecule has 0 aliphatic rings. The van der Waals surface area contributed by atoms with E-state index in [9.17, 15) is 9.90 Å². The van der Waals surface area contributed by atoms with E-state index in [0.717, 1.165) is 15.6 Å². The van der Waals surface area contributed by atoms with E-state index >= 15 is 0 Å². The molecule has 0 saturated carbocycles. The van der Waals surface area contributed by atoms with Gasteiger partial charge in [-0.05, 0) is 37.1 Å². The monoisotopic (exact) mass is 308 g/mol. The summed E-state index contributed by atoms with van der Waals surface area (Å²) in [6.45, 7) is 3.72. The molecule has 4 nitrogen and oxygen atoms in total. The quantitative estimate of drug-likeness (QED) is 0.896. The minimum atomic E-state index is -0.290. The smallest absolute Gasteiger partial charge is 0.258 e. The molecule has 0 fully saturated rings. The van der Waals surface area contributed by atoms with E-state index in [1.54, 1.807) is 6.92 Å². The highest BCUT2D eigenvalue weighted by Crippen LogP contribution is 2.24. The van der Waals surface area contributed by atoms with Crippen molar-refractivity contribution in [1.82, 2.24) is 9.97 Å². The lowest BCUT2D eigenvalue weighted by Crippen LogP contribution is -2.14. The van der Waals surface area contributed by atoms with Gasteiger partial charge in [-0.25, -0.2) is 0 Å².